The quantitative estimate of drug-likeness (QED) is 0.0722. The molecule has 0 aliphatic rings. The van der Waals surface area contributed by atoms with Gasteiger partial charge in [-0.15, -0.1) is 0 Å². The summed E-state index contributed by atoms with van der Waals surface area (Å²) in [5.74, 6) is 0.345. The van der Waals surface area contributed by atoms with Gasteiger partial charge in [0.15, 0.2) is 0 Å². The maximum atomic E-state index is 14.6. The Morgan fingerprint density at radius 1 is 0.756 bits per heavy atom. The summed E-state index contributed by atoms with van der Waals surface area (Å²) in [5.41, 5.74) is 1.95. The number of benzene rings is 3. The van der Waals surface area contributed by atoms with Gasteiger partial charge in [0.2, 0.25) is 0 Å². The van der Waals surface area contributed by atoms with Crippen molar-refractivity contribution in [2.24, 2.45) is 0 Å². The third kappa shape index (κ3) is 11.3. The minimum atomic E-state index is -0.517. The van der Waals surface area contributed by atoms with Crippen LogP contribution in [0.25, 0.3) is 17.2 Å². The molecule has 0 aromatic heterocycles. The minimum absolute atomic E-state index is 0.366. The lowest BCUT2D eigenvalue weighted by atomic mass is 10.0. The SMILES string of the molecule is C=CC(=O)OCCCCCCOc1ccc(/C=C/C(=O)Oc2ccc(-c3ccc(OCCCC)cc3F)cc2)cc1. The monoisotopic (exact) mass is 560 g/mol. The van der Waals surface area contributed by atoms with Crippen molar-refractivity contribution in [1.29, 1.82) is 0 Å². The molecule has 0 radical (unpaired) electrons. The Hall–Kier alpha value is -4.39. The molecule has 0 saturated heterocycles. The Labute approximate surface area is 241 Å². The average Bonchev–Trinajstić information content (AvgIpc) is 2.98. The summed E-state index contributed by atoms with van der Waals surface area (Å²) in [6, 6.07) is 18.9. The van der Waals surface area contributed by atoms with E-state index < -0.39 is 5.97 Å². The van der Waals surface area contributed by atoms with Crippen LogP contribution in [0.3, 0.4) is 0 Å². The molecule has 7 heteroatoms. The predicted molar refractivity (Wildman–Crippen MR) is 158 cm³/mol. The van der Waals surface area contributed by atoms with Gasteiger partial charge in [0.25, 0.3) is 0 Å². The number of hydrogen-bond acceptors (Lipinski definition) is 6. The molecule has 6 nitrogen and oxygen atoms in total. The molecule has 3 aromatic rings. The smallest absolute Gasteiger partial charge is 0.336 e. The lowest BCUT2D eigenvalue weighted by molar-refractivity contribution is -0.137. The van der Waals surface area contributed by atoms with Crippen molar-refractivity contribution in [3.05, 3.63) is 96.8 Å². The van der Waals surface area contributed by atoms with Crippen molar-refractivity contribution in [3.8, 4) is 28.4 Å². The number of halogens is 1. The Morgan fingerprint density at radius 3 is 2.07 bits per heavy atom. The molecule has 0 fully saturated rings. The first-order chi connectivity index (χ1) is 20.0. The number of carbonyl (C=O) groups is 2. The van der Waals surface area contributed by atoms with E-state index in [9.17, 15) is 14.0 Å². The van der Waals surface area contributed by atoms with E-state index in [2.05, 4.69) is 13.5 Å². The van der Waals surface area contributed by atoms with Crippen LogP contribution in [-0.2, 0) is 14.3 Å². The number of ether oxygens (including phenoxy) is 4. The summed E-state index contributed by atoms with van der Waals surface area (Å²) in [6.07, 6.45) is 9.78. The van der Waals surface area contributed by atoms with E-state index in [0.717, 1.165) is 55.9 Å². The molecule has 0 atom stereocenters. The molecule has 41 heavy (non-hydrogen) atoms. The number of hydrogen-bond donors (Lipinski definition) is 0. The molecule has 0 N–H and O–H groups in total. The average molecular weight is 561 g/mol. The van der Waals surface area contributed by atoms with Gasteiger partial charge in [-0.2, -0.15) is 0 Å². The summed E-state index contributed by atoms with van der Waals surface area (Å²) >= 11 is 0. The molecule has 0 aliphatic carbocycles. The standard InChI is InChI=1S/C34H37FO6/c1-3-5-22-39-30-19-20-31(32(35)25-30)27-13-17-29(18-14-27)41-34(37)21-12-26-10-15-28(16-11-26)38-23-8-6-7-9-24-40-33(36)4-2/h4,10-21,25H,2-3,5-9,22-24H2,1H3/b21-12+. The molecule has 0 bridgehead atoms. The lowest BCUT2D eigenvalue weighted by Crippen LogP contribution is -2.03. The van der Waals surface area contributed by atoms with Gasteiger partial charge in [-0.05, 0) is 85.7 Å². The van der Waals surface area contributed by atoms with Crippen LogP contribution in [0.2, 0.25) is 0 Å². The third-order valence-corrected chi connectivity index (χ3v) is 6.10. The van der Waals surface area contributed by atoms with E-state index in [1.165, 1.54) is 12.1 Å². The van der Waals surface area contributed by atoms with Crippen LogP contribution in [-0.4, -0.2) is 31.8 Å². The van der Waals surface area contributed by atoms with Crippen LogP contribution in [0, 0.1) is 5.82 Å². The summed E-state index contributed by atoms with van der Waals surface area (Å²) < 4.78 is 36.2. The van der Waals surface area contributed by atoms with Gasteiger partial charge in [0.1, 0.15) is 23.1 Å². The first-order valence-electron chi connectivity index (χ1n) is 13.9. The third-order valence-electron chi connectivity index (χ3n) is 6.10. The fourth-order valence-corrected chi connectivity index (χ4v) is 3.83. The zero-order chi connectivity index (χ0) is 29.3. The number of rotatable bonds is 17. The summed E-state index contributed by atoms with van der Waals surface area (Å²) in [6.45, 7) is 7.00. The summed E-state index contributed by atoms with van der Waals surface area (Å²) in [7, 11) is 0. The molecular formula is C34H37FO6. The molecule has 216 valence electrons. The van der Waals surface area contributed by atoms with E-state index in [1.807, 2.05) is 24.3 Å². The highest BCUT2D eigenvalue weighted by atomic mass is 19.1. The van der Waals surface area contributed by atoms with E-state index in [1.54, 1.807) is 42.5 Å². The van der Waals surface area contributed by atoms with Crippen LogP contribution in [0.1, 0.15) is 51.0 Å². The normalized spacial score (nSPS) is 10.8. The first kappa shape index (κ1) is 31.1. The highest BCUT2D eigenvalue weighted by molar-refractivity contribution is 5.88. The number of carbonyl (C=O) groups excluding carboxylic acids is 2. The molecular weight excluding hydrogens is 523 g/mol. The van der Waals surface area contributed by atoms with Gasteiger partial charge >= 0.3 is 11.9 Å². The molecule has 0 saturated carbocycles. The zero-order valence-electron chi connectivity index (χ0n) is 23.5. The Kier molecular flexibility index (Phi) is 13.2. The van der Waals surface area contributed by atoms with Crippen molar-refractivity contribution in [1.82, 2.24) is 0 Å². The van der Waals surface area contributed by atoms with Crippen molar-refractivity contribution in [2.45, 2.75) is 45.4 Å². The van der Waals surface area contributed by atoms with Gasteiger partial charge in [0.05, 0.1) is 19.8 Å². The van der Waals surface area contributed by atoms with Gasteiger partial charge in [-0.25, -0.2) is 14.0 Å². The maximum absolute atomic E-state index is 14.6. The number of esters is 2. The van der Waals surface area contributed by atoms with Crippen molar-refractivity contribution in [2.75, 3.05) is 19.8 Å². The molecule has 0 unspecified atom stereocenters. The molecule has 0 heterocycles. The van der Waals surface area contributed by atoms with E-state index in [4.69, 9.17) is 18.9 Å². The Bertz CT molecular complexity index is 1280. The van der Waals surface area contributed by atoms with Crippen LogP contribution in [0.4, 0.5) is 4.39 Å². The second-order valence-electron chi connectivity index (χ2n) is 9.33. The van der Waals surface area contributed by atoms with Crippen molar-refractivity contribution in [3.63, 3.8) is 0 Å². The fourth-order valence-electron chi connectivity index (χ4n) is 3.83. The van der Waals surface area contributed by atoms with Gasteiger partial charge < -0.3 is 18.9 Å². The molecule has 3 rings (SSSR count). The molecule has 3 aromatic carbocycles. The Morgan fingerprint density at radius 2 is 1.39 bits per heavy atom. The van der Waals surface area contributed by atoms with Crippen LogP contribution in [0.15, 0.2) is 85.5 Å². The van der Waals surface area contributed by atoms with Crippen LogP contribution in [0.5, 0.6) is 17.2 Å². The minimum Gasteiger partial charge on any atom is -0.494 e. The first-order valence-corrected chi connectivity index (χ1v) is 13.9. The molecule has 0 amide bonds. The summed E-state index contributed by atoms with van der Waals surface area (Å²) in [4.78, 5) is 23.3. The van der Waals surface area contributed by atoms with Crippen molar-refractivity contribution >= 4 is 18.0 Å². The lowest BCUT2D eigenvalue weighted by Gasteiger charge is -2.09. The summed E-state index contributed by atoms with van der Waals surface area (Å²) in [5, 5.41) is 0. The largest absolute Gasteiger partial charge is 0.494 e. The van der Waals surface area contributed by atoms with Crippen molar-refractivity contribution < 1.29 is 32.9 Å². The van der Waals surface area contributed by atoms with Gasteiger partial charge in [0, 0.05) is 23.8 Å². The number of unbranched alkanes of at least 4 members (excludes halogenated alkanes) is 4. The van der Waals surface area contributed by atoms with Crippen LogP contribution >= 0.6 is 0 Å². The second kappa shape index (κ2) is 17.3. The van der Waals surface area contributed by atoms with E-state index in [-0.39, 0.29) is 11.8 Å². The highest BCUT2D eigenvalue weighted by Gasteiger charge is 2.08. The Balaban J connectivity index is 1.39. The topological polar surface area (TPSA) is 71.1 Å². The van der Waals surface area contributed by atoms with Gasteiger partial charge in [-0.3, -0.25) is 0 Å². The zero-order valence-corrected chi connectivity index (χ0v) is 23.5. The van der Waals surface area contributed by atoms with Crippen LogP contribution < -0.4 is 14.2 Å². The molecule has 0 spiro atoms. The maximum Gasteiger partial charge on any atom is 0.336 e. The second-order valence-corrected chi connectivity index (χ2v) is 9.33. The van der Waals surface area contributed by atoms with E-state index in [0.29, 0.717) is 42.4 Å². The van der Waals surface area contributed by atoms with Gasteiger partial charge in [-0.1, -0.05) is 44.2 Å². The van der Waals surface area contributed by atoms with E-state index >= 15 is 0 Å². The highest BCUT2D eigenvalue weighted by Crippen LogP contribution is 2.28. The predicted octanol–water partition coefficient (Wildman–Crippen LogP) is 7.96. The molecule has 0 aliphatic heterocycles. The fraction of sp³-hybridized carbons (Fsp3) is 0.294.